The Morgan fingerprint density at radius 1 is 1.13 bits per heavy atom. The lowest BCUT2D eigenvalue weighted by molar-refractivity contribution is -0.123. The SMILES string of the molecule is Cc1ccc([C@H]2Oc3ccc(O)cc3[C@H]3CCC(=O)C[C@H]32)cc1. The number of phenolic OH excluding ortho intramolecular Hbond substituents is 1. The van der Waals surface area contributed by atoms with Crippen molar-refractivity contribution < 1.29 is 14.6 Å². The van der Waals surface area contributed by atoms with Gasteiger partial charge in [-0.25, -0.2) is 0 Å². The lowest BCUT2D eigenvalue weighted by Crippen LogP contribution is -2.35. The molecule has 1 heterocycles. The second-order valence-corrected chi connectivity index (χ2v) is 6.72. The van der Waals surface area contributed by atoms with Crippen molar-refractivity contribution in [2.45, 2.75) is 38.2 Å². The smallest absolute Gasteiger partial charge is 0.133 e. The van der Waals surface area contributed by atoms with E-state index in [9.17, 15) is 9.90 Å². The van der Waals surface area contributed by atoms with Gasteiger partial charge in [0.2, 0.25) is 0 Å². The fourth-order valence-electron chi connectivity index (χ4n) is 3.97. The van der Waals surface area contributed by atoms with Gasteiger partial charge in [-0.05, 0) is 43.0 Å². The first kappa shape index (κ1) is 14.3. The second kappa shape index (κ2) is 5.41. The van der Waals surface area contributed by atoms with E-state index in [1.54, 1.807) is 12.1 Å². The molecule has 1 fully saturated rings. The standard InChI is InChI=1S/C20H20O3/c1-12-2-4-13(5-3-12)20-18-11-14(21)6-8-16(18)17-10-15(22)7-9-19(17)23-20/h2-5,7,9-10,16,18,20,22H,6,8,11H2,1H3/t16-,18-,20-/m1/s1. The zero-order chi connectivity index (χ0) is 16.0. The van der Waals surface area contributed by atoms with Crippen molar-refractivity contribution in [3.05, 3.63) is 59.2 Å². The minimum atomic E-state index is -0.0955. The molecule has 1 aliphatic heterocycles. The van der Waals surface area contributed by atoms with E-state index in [4.69, 9.17) is 4.74 Å². The highest BCUT2D eigenvalue weighted by molar-refractivity contribution is 5.80. The molecule has 118 valence electrons. The Kier molecular flexibility index (Phi) is 3.37. The summed E-state index contributed by atoms with van der Waals surface area (Å²) in [5.41, 5.74) is 3.39. The van der Waals surface area contributed by atoms with Crippen molar-refractivity contribution in [2.75, 3.05) is 0 Å². The topological polar surface area (TPSA) is 46.5 Å². The average molecular weight is 308 g/mol. The van der Waals surface area contributed by atoms with Gasteiger partial charge in [-0.3, -0.25) is 4.79 Å². The molecule has 1 N–H and O–H groups in total. The van der Waals surface area contributed by atoms with Crippen LogP contribution in [0.4, 0.5) is 0 Å². The van der Waals surface area contributed by atoms with E-state index in [-0.39, 0.29) is 23.7 Å². The van der Waals surface area contributed by atoms with Gasteiger partial charge in [0.25, 0.3) is 0 Å². The van der Waals surface area contributed by atoms with Gasteiger partial charge < -0.3 is 9.84 Å². The summed E-state index contributed by atoms with van der Waals surface area (Å²) < 4.78 is 6.27. The largest absolute Gasteiger partial charge is 0.508 e. The molecule has 1 saturated carbocycles. The predicted octanol–water partition coefficient (Wildman–Crippen LogP) is 4.29. The number of rotatable bonds is 1. The summed E-state index contributed by atoms with van der Waals surface area (Å²) in [6.45, 7) is 2.07. The highest BCUT2D eigenvalue weighted by atomic mass is 16.5. The fraction of sp³-hybridized carbons (Fsp3) is 0.350. The monoisotopic (exact) mass is 308 g/mol. The predicted molar refractivity (Wildman–Crippen MR) is 87.7 cm³/mol. The van der Waals surface area contributed by atoms with Crippen molar-refractivity contribution >= 4 is 5.78 Å². The Morgan fingerprint density at radius 3 is 2.70 bits per heavy atom. The van der Waals surface area contributed by atoms with Crippen LogP contribution in [0.2, 0.25) is 0 Å². The average Bonchev–Trinajstić information content (AvgIpc) is 2.55. The molecule has 0 unspecified atom stereocenters. The molecular weight excluding hydrogens is 288 g/mol. The summed E-state index contributed by atoms with van der Waals surface area (Å²) in [6, 6.07) is 13.7. The van der Waals surface area contributed by atoms with Crippen LogP contribution in [0.25, 0.3) is 0 Å². The van der Waals surface area contributed by atoms with Gasteiger partial charge in [-0.2, -0.15) is 0 Å². The zero-order valence-corrected chi connectivity index (χ0v) is 13.2. The Balaban J connectivity index is 1.79. The third kappa shape index (κ3) is 2.50. The van der Waals surface area contributed by atoms with E-state index >= 15 is 0 Å². The van der Waals surface area contributed by atoms with Crippen LogP contribution in [0.3, 0.4) is 0 Å². The van der Waals surface area contributed by atoms with Crippen LogP contribution in [0.1, 0.15) is 48.0 Å². The molecule has 0 amide bonds. The van der Waals surface area contributed by atoms with E-state index in [1.165, 1.54) is 5.56 Å². The molecule has 0 saturated heterocycles. The fourth-order valence-corrected chi connectivity index (χ4v) is 3.97. The minimum Gasteiger partial charge on any atom is -0.508 e. The molecule has 2 aliphatic rings. The van der Waals surface area contributed by atoms with Crippen LogP contribution in [-0.4, -0.2) is 10.9 Å². The number of aryl methyl sites for hydroxylation is 1. The summed E-state index contributed by atoms with van der Waals surface area (Å²) in [5, 5.41) is 9.82. The van der Waals surface area contributed by atoms with Gasteiger partial charge in [-0.15, -0.1) is 0 Å². The number of fused-ring (bicyclic) bond motifs is 3. The summed E-state index contributed by atoms with van der Waals surface area (Å²) >= 11 is 0. The normalized spacial score (nSPS) is 26.1. The Labute approximate surface area is 135 Å². The van der Waals surface area contributed by atoms with Gasteiger partial charge in [0, 0.05) is 24.3 Å². The highest BCUT2D eigenvalue weighted by Gasteiger charge is 2.42. The van der Waals surface area contributed by atoms with Crippen molar-refractivity contribution in [3.8, 4) is 11.5 Å². The molecule has 0 spiro atoms. The quantitative estimate of drug-likeness (QED) is 0.855. The number of hydrogen-bond acceptors (Lipinski definition) is 3. The lowest BCUT2D eigenvalue weighted by Gasteiger charge is -2.42. The van der Waals surface area contributed by atoms with Crippen molar-refractivity contribution in [3.63, 3.8) is 0 Å². The van der Waals surface area contributed by atoms with Crippen molar-refractivity contribution in [2.24, 2.45) is 5.92 Å². The van der Waals surface area contributed by atoms with E-state index in [2.05, 4.69) is 31.2 Å². The molecular formula is C20H20O3. The minimum absolute atomic E-state index is 0.0955. The number of benzene rings is 2. The van der Waals surface area contributed by atoms with Gasteiger partial charge >= 0.3 is 0 Å². The number of hydrogen-bond donors (Lipinski definition) is 1. The molecule has 3 heteroatoms. The molecule has 2 aromatic carbocycles. The third-order valence-corrected chi connectivity index (χ3v) is 5.16. The maximum absolute atomic E-state index is 12.0. The van der Waals surface area contributed by atoms with Gasteiger partial charge in [0.05, 0.1) is 0 Å². The molecule has 23 heavy (non-hydrogen) atoms. The van der Waals surface area contributed by atoms with Gasteiger partial charge in [-0.1, -0.05) is 29.8 Å². The van der Waals surface area contributed by atoms with Crippen molar-refractivity contribution in [1.29, 1.82) is 0 Å². The van der Waals surface area contributed by atoms with E-state index in [0.717, 1.165) is 23.3 Å². The Bertz CT molecular complexity index is 748. The Morgan fingerprint density at radius 2 is 1.91 bits per heavy atom. The third-order valence-electron chi connectivity index (χ3n) is 5.16. The molecule has 4 rings (SSSR count). The first-order valence-electron chi connectivity index (χ1n) is 8.19. The summed E-state index contributed by atoms with van der Waals surface area (Å²) in [4.78, 5) is 12.0. The molecule has 0 aromatic heterocycles. The lowest BCUT2D eigenvalue weighted by atomic mass is 9.69. The van der Waals surface area contributed by atoms with Gasteiger partial charge in [0.1, 0.15) is 23.4 Å². The Hall–Kier alpha value is -2.29. The summed E-state index contributed by atoms with van der Waals surface area (Å²) in [7, 11) is 0. The van der Waals surface area contributed by atoms with E-state index < -0.39 is 0 Å². The first-order valence-corrected chi connectivity index (χ1v) is 8.19. The molecule has 3 nitrogen and oxygen atoms in total. The summed E-state index contributed by atoms with van der Waals surface area (Å²) in [6.07, 6.45) is 1.92. The summed E-state index contributed by atoms with van der Waals surface area (Å²) in [5.74, 6) is 1.83. The maximum Gasteiger partial charge on any atom is 0.133 e. The second-order valence-electron chi connectivity index (χ2n) is 6.72. The number of ketones is 1. The zero-order valence-electron chi connectivity index (χ0n) is 13.2. The van der Waals surface area contributed by atoms with Crippen LogP contribution < -0.4 is 4.74 Å². The number of aromatic hydroxyl groups is 1. The van der Waals surface area contributed by atoms with Crippen LogP contribution >= 0.6 is 0 Å². The molecule has 3 atom stereocenters. The molecule has 1 aliphatic carbocycles. The first-order chi connectivity index (χ1) is 11.1. The number of carbonyl (C=O) groups excluding carboxylic acids is 1. The molecule has 0 bridgehead atoms. The number of Topliss-reactive ketones (excluding diaryl/α,β-unsaturated/α-hetero) is 1. The molecule has 0 radical (unpaired) electrons. The van der Waals surface area contributed by atoms with Crippen LogP contribution in [-0.2, 0) is 4.79 Å². The van der Waals surface area contributed by atoms with E-state index in [0.29, 0.717) is 18.6 Å². The van der Waals surface area contributed by atoms with E-state index in [1.807, 2.05) is 6.07 Å². The van der Waals surface area contributed by atoms with Crippen LogP contribution in [0, 0.1) is 12.8 Å². The number of carbonyl (C=O) groups is 1. The van der Waals surface area contributed by atoms with Crippen LogP contribution in [0.15, 0.2) is 42.5 Å². The van der Waals surface area contributed by atoms with Crippen LogP contribution in [0.5, 0.6) is 11.5 Å². The number of ether oxygens (including phenoxy) is 1. The van der Waals surface area contributed by atoms with Gasteiger partial charge in [0.15, 0.2) is 0 Å². The maximum atomic E-state index is 12.0. The molecule has 2 aromatic rings. The highest BCUT2D eigenvalue weighted by Crippen LogP contribution is 2.52. The van der Waals surface area contributed by atoms with Crippen molar-refractivity contribution in [1.82, 2.24) is 0 Å². The number of phenols is 1.